The lowest BCUT2D eigenvalue weighted by Gasteiger charge is -1.99. The normalized spacial score (nSPS) is 10.1. The van der Waals surface area contributed by atoms with E-state index < -0.39 is 17.0 Å². The monoisotopic (exact) mass is 217 g/mol. The minimum absolute atomic E-state index is 0.293. The van der Waals surface area contributed by atoms with Gasteiger partial charge in [0.1, 0.15) is 5.82 Å². The van der Waals surface area contributed by atoms with E-state index in [9.17, 15) is 14.3 Å². The van der Waals surface area contributed by atoms with E-state index in [1.807, 2.05) is 0 Å². The molecule has 0 aliphatic carbocycles. The SMILES string of the molecule is O=c1cccc(-c2ccncc2F)cc1O. The summed E-state index contributed by atoms with van der Waals surface area (Å²) >= 11 is 0. The average molecular weight is 217 g/mol. The summed E-state index contributed by atoms with van der Waals surface area (Å²) in [5.74, 6) is -0.906. The Balaban J connectivity index is 2.67. The summed E-state index contributed by atoms with van der Waals surface area (Å²) in [6.45, 7) is 0. The number of halogens is 1. The number of rotatable bonds is 1. The maximum atomic E-state index is 13.4. The second-order valence-electron chi connectivity index (χ2n) is 3.23. The first-order valence-electron chi connectivity index (χ1n) is 4.62. The van der Waals surface area contributed by atoms with Crippen molar-refractivity contribution >= 4 is 0 Å². The molecule has 80 valence electrons. The zero-order chi connectivity index (χ0) is 11.5. The molecule has 2 aromatic rings. The van der Waals surface area contributed by atoms with E-state index in [1.165, 1.54) is 30.5 Å². The molecule has 0 amide bonds. The predicted octanol–water partition coefficient (Wildman–Crippen LogP) is 1.95. The van der Waals surface area contributed by atoms with Crippen LogP contribution in [0.4, 0.5) is 4.39 Å². The Labute approximate surface area is 90.8 Å². The van der Waals surface area contributed by atoms with Gasteiger partial charge in [-0.25, -0.2) is 4.39 Å². The van der Waals surface area contributed by atoms with Crippen LogP contribution in [0.5, 0.6) is 5.75 Å². The molecule has 0 saturated heterocycles. The first-order valence-corrected chi connectivity index (χ1v) is 4.62. The molecule has 1 heterocycles. The van der Waals surface area contributed by atoms with Gasteiger partial charge in [-0.15, -0.1) is 0 Å². The lowest BCUT2D eigenvalue weighted by atomic mass is 10.1. The number of pyridine rings is 1. The van der Waals surface area contributed by atoms with Crippen molar-refractivity contribution in [3.05, 3.63) is 58.8 Å². The van der Waals surface area contributed by atoms with Gasteiger partial charge in [0.15, 0.2) is 5.75 Å². The Bertz CT molecular complexity index is 584. The van der Waals surface area contributed by atoms with E-state index in [-0.39, 0.29) is 0 Å². The van der Waals surface area contributed by atoms with Crippen LogP contribution < -0.4 is 5.43 Å². The van der Waals surface area contributed by atoms with Gasteiger partial charge in [-0.05, 0) is 23.8 Å². The highest BCUT2D eigenvalue weighted by Gasteiger charge is 2.05. The number of aromatic hydroxyl groups is 1. The highest BCUT2D eigenvalue weighted by atomic mass is 19.1. The molecule has 0 aliphatic heterocycles. The van der Waals surface area contributed by atoms with Crippen LogP contribution >= 0.6 is 0 Å². The van der Waals surface area contributed by atoms with E-state index in [0.717, 1.165) is 6.20 Å². The topological polar surface area (TPSA) is 50.2 Å². The van der Waals surface area contributed by atoms with Crippen molar-refractivity contribution in [3.8, 4) is 16.9 Å². The third-order valence-electron chi connectivity index (χ3n) is 2.15. The molecular weight excluding hydrogens is 209 g/mol. The van der Waals surface area contributed by atoms with Crippen molar-refractivity contribution in [2.75, 3.05) is 0 Å². The van der Waals surface area contributed by atoms with Crippen molar-refractivity contribution in [2.45, 2.75) is 0 Å². The molecule has 3 nitrogen and oxygen atoms in total. The minimum atomic E-state index is -0.499. The van der Waals surface area contributed by atoms with Gasteiger partial charge in [0.25, 0.3) is 0 Å². The summed E-state index contributed by atoms with van der Waals surface area (Å²) < 4.78 is 13.4. The number of hydrogen-bond donors (Lipinski definition) is 1. The van der Waals surface area contributed by atoms with Gasteiger partial charge in [0, 0.05) is 11.8 Å². The number of nitrogens with zero attached hydrogens (tertiary/aromatic N) is 1. The molecule has 2 rings (SSSR count). The molecule has 0 aliphatic rings. The Hall–Kier alpha value is -2.23. The van der Waals surface area contributed by atoms with Crippen LogP contribution in [0.25, 0.3) is 11.1 Å². The van der Waals surface area contributed by atoms with Crippen LogP contribution in [-0.4, -0.2) is 10.1 Å². The van der Waals surface area contributed by atoms with Gasteiger partial charge in [-0.3, -0.25) is 9.78 Å². The Morgan fingerprint density at radius 2 is 2.06 bits per heavy atom. The zero-order valence-electron chi connectivity index (χ0n) is 8.22. The lowest BCUT2D eigenvalue weighted by molar-refractivity contribution is 0.471. The highest BCUT2D eigenvalue weighted by molar-refractivity contribution is 5.64. The molecule has 0 atom stereocenters. The molecule has 1 N–H and O–H groups in total. The first kappa shape index (κ1) is 10.3. The average Bonchev–Trinajstić information content (AvgIpc) is 2.43. The van der Waals surface area contributed by atoms with Crippen molar-refractivity contribution < 1.29 is 9.50 Å². The molecule has 0 fully saturated rings. The van der Waals surface area contributed by atoms with Crippen molar-refractivity contribution in [3.63, 3.8) is 0 Å². The van der Waals surface area contributed by atoms with Crippen molar-refractivity contribution in [1.82, 2.24) is 4.98 Å². The van der Waals surface area contributed by atoms with E-state index >= 15 is 0 Å². The molecular formula is C12H8FNO2. The first-order chi connectivity index (χ1) is 7.68. The molecule has 1 aromatic heterocycles. The fourth-order valence-corrected chi connectivity index (χ4v) is 1.37. The van der Waals surface area contributed by atoms with Gasteiger partial charge in [0.05, 0.1) is 6.20 Å². The second kappa shape index (κ2) is 4.10. The summed E-state index contributed by atoms with van der Waals surface area (Å²) in [7, 11) is 0. The van der Waals surface area contributed by atoms with E-state index in [2.05, 4.69) is 4.98 Å². The Morgan fingerprint density at radius 3 is 2.81 bits per heavy atom. The van der Waals surface area contributed by atoms with E-state index in [4.69, 9.17) is 0 Å². The van der Waals surface area contributed by atoms with Gasteiger partial charge in [-0.1, -0.05) is 12.1 Å². The molecule has 0 radical (unpaired) electrons. The van der Waals surface area contributed by atoms with Crippen LogP contribution in [0, 0.1) is 5.82 Å². The molecule has 0 saturated carbocycles. The minimum Gasteiger partial charge on any atom is -0.504 e. The summed E-state index contributed by atoms with van der Waals surface area (Å²) in [6, 6.07) is 6.96. The van der Waals surface area contributed by atoms with Crippen LogP contribution in [-0.2, 0) is 0 Å². The fraction of sp³-hybridized carbons (Fsp3) is 0. The van der Waals surface area contributed by atoms with Crippen molar-refractivity contribution in [1.29, 1.82) is 0 Å². The van der Waals surface area contributed by atoms with E-state index in [0.29, 0.717) is 11.1 Å². The van der Waals surface area contributed by atoms with Crippen LogP contribution in [0.2, 0.25) is 0 Å². The molecule has 4 heteroatoms. The van der Waals surface area contributed by atoms with E-state index in [1.54, 1.807) is 6.07 Å². The second-order valence-corrected chi connectivity index (χ2v) is 3.23. The molecule has 16 heavy (non-hydrogen) atoms. The third kappa shape index (κ3) is 1.91. The van der Waals surface area contributed by atoms with Gasteiger partial charge in [-0.2, -0.15) is 0 Å². The number of aromatic nitrogens is 1. The largest absolute Gasteiger partial charge is 0.504 e. The molecule has 0 spiro atoms. The lowest BCUT2D eigenvalue weighted by Crippen LogP contribution is -1.91. The van der Waals surface area contributed by atoms with Gasteiger partial charge >= 0.3 is 0 Å². The zero-order valence-corrected chi connectivity index (χ0v) is 8.22. The standard InChI is InChI=1S/C12H8FNO2/c13-10-7-14-5-4-9(10)8-2-1-3-11(15)12(16)6-8/h1-7H,(H,15,16). The third-order valence-corrected chi connectivity index (χ3v) is 2.15. The predicted molar refractivity (Wildman–Crippen MR) is 57.6 cm³/mol. The Morgan fingerprint density at radius 1 is 1.25 bits per heavy atom. The smallest absolute Gasteiger partial charge is 0.220 e. The van der Waals surface area contributed by atoms with Crippen LogP contribution in [0.15, 0.2) is 47.5 Å². The Kier molecular flexibility index (Phi) is 2.64. The number of hydrogen-bond acceptors (Lipinski definition) is 3. The summed E-state index contributed by atoms with van der Waals surface area (Å²) in [6.07, 6.45) is 2.53. The van der Waals surface area contributed by atoms with Gasteiger partial charge < -0.3 is 5.11 Å². The maximum absolute atomic E-state index is 13.4. The highest BCUT2D eigenvalue weighted by Crippen LogP contribution is 2.22. The van der Waals surface area contributed by atoms with Crippen molar-refractivity contribution in [2.24, 2.45) is 0 Å². The summed E-state index contributed by atoms with van der Waals surface area (Å²) in [4.78, 5) is 14.8. The molecule has 1 aromatic carbocycles. The van der Waals surface area contributed by atoms with Crippen LogP contribution in [0.3, 0.4) is 0 Å². The molecule has 0 bridgehead atoms. The fourth-order valence-electron chi connectivity index (χ4n) is 1.37. The maximum Gasteiger partial charge on any atom is 0.220 e. The quantitative estimate of drug-likeness (QED) is 0.794. The summed E-state index contributed by atoms with van der Waals surface area (Å²) in [5.41, 5.74) is 0.223. The van der Waals surface area contributed by atoms with Crippen LogP contribution in [0.1, 0.15) is 0 Å². The summed E-state index contributed by atoms with van der Waals surface area (Å²) in [5, 5.41) is 9.36. The molecule has 0 unspecified atom stereocenters. The van der Waals surface area contributed by atoms with Gasteiger partial charge in [0.2, 0.25) is 5.43 Å².